The number of hydrogen-bond acceptors (Lipinski definition) is 4. The van der Waals surface area contributed by atoms with Crippen LogP contribution in [0.4, 0.5) is 11.5 Å². The highest BCUT2D eigenvalue weighted by atomic mass is 35.5. The summed E-state index contributed by atoms with van der Waals surface area (Å²) >= 11 is 6.08. The molecule has 2 heterocycles. The van der Waals surface area contributed by atoms with Crippen LogP contribution in [0.5, 0.6) is 0 Å². The van der Waals surface area contributed by atoms with E-state index in [9.17, 15) is 9.59 Å². The lowest BCUT2D eigenvalue weighted by molar-refractivity contribution is -0.120. The fourth-order valence-electron chi connectivity index (χ4n) is 3.96. The van der Waals surface area contributed by atoms with E-state index in [0.717, 1.165) is 25.1 Å². The third-order valence-corrected chi connectivity index (χ3v) is 6.04. The van der Waals surface area contributed by atoms with Gasteiger partial charge in [-0.3, -0.25) is 9.59 Å². The number of amides is 1. The lowest BCUT2D eigenvalue weighted by Gasteiger charge is -2.33. The predicted octanol–water partition coefficient (Wildman–Crippen LogP) is 4.86. The molecule has 1 fully saturated rings. The molecule has 166 valence electrons. The van der Waals surface area contributed by atoms with Crippen LogP contribution in [0.15, 0.2) is 65.5 Å². The topological polar surface area (TPSA) is 67.2 Å². The Labute approximate surface area is 192 Å². The van der Waals surface area contributed by atoms with E-state index in [1.54, 1.807) is 30.3 Å². The van der Waals surface area contributed by atoms with Gasteiger partial charge in [0.15, 0.2) is 0 Å². The fraction of sp³-hybridized carbons (Fsp3) is 0.320. The number of halogens is 1. The molecule has 7 heteroatoms. The van der Waals surface area contributed by atoms with Crippen molar-refractivity contribution in [3.8, 4) is 5.69 Å². The minimum Gasteiger partial charge on any atom is -0.354 e. The summed E-state index contributed by atoms with van der Waals surface area (Å²) in [6.07, 6.45) is 1.70. The molecular weight excluding hydrogens is 424 g/mol. The number of nitrogens with zero attached hydrogens (tertiary/aromatic N) is 3. The molecular formula is C25H27ClN4O2. The van der Waals surface area contributed by atoms with Crippen LogP contribution < -0.4 is 15.8 Å². The minimum atomic E-state index is -0.229. The molecule has 1 aromatic heterocycles. The normalized spacial score (nSPS) is 16.2. The van der Waals surface area contributed by atoms with Crippen LogP contribution in [0.3, 0.4) is 0 Å². The van der Waals surface area contributed by atoms with Gasteiger partial charge in [-0.2, -0.15) is 4.68 Å². The molecule has 1 amide bonds. The first kappa shape index (κ1) is 22.1. The second-order valence-corrected chi connectivity index (χ2v) is 8.91. The molecule has 1 atom stereocenters. The summed E-state index contributed by atoms with van der Waals surface area (Å²) in [5, 5.41) is 8.14. The van der Waals surface area contributed by atoms with Crippen molar-refractivity contribution in [1.29, 1.82) is 0 Å². The molecule has 0 bridgehead atoms. The van der Waals surface area contributed by atoms with E-state index in [4.69, 9.17) is 11.6 Å². The molecule has 4 rings (SSSR count). The lowest BCUT2D eigenvalue weighted by Crippen LogP contribution is -2.41. The maximum atomic E-state index is 12.9. The van der Waals surface area contributed by atoms with Crippen LogP contribution >= 0.6 is 11.6 Å². The number of anilines is 2. The van der Waals surface area contributed by atoms with Crippen LogP contribution in [0.1, 0.15) is 38.2 Å². The van der Waals surface area contributed by atoms with E-state index in [1.807, 2.05) is 12.1 Å². The highest BCUT2D eigenvalue weighted by molar-refractivity contribution is 6.30. The molecule has 6 nitrogen and oxygen atoms in total. The largest absolute Gasteiger partial charge is 0.354 e. The van der Waals surface area contributed by atoms with Gasteiger partial charge in [-0.05, 0) is 60.7 Å². The van der Waals surface area contributed by atoms with Crippen LogP contribution in [0.25, 0.3) is 5.69 Å². The van der Waals surface area contributed by atoms with Gasteiger partial charge in [0.25, 0.3) is 5.56 Å². The minimum absolute atomic E-state index is 0.00941. The molecule has 32 heavy (non-hydrogen) atoms. The van der Waals surface area contributed by atoms with Crippen molar-refractivity contribution in [1.82, 2.24) is 9.78 Å². The maximum absolute atomic E-state index is 12.9. The lowest BCUT2D eigenvalue weighted by atomic mass is 9.97. The molecule has 0 aliphatic carbocycles. The van der Waals surface area contributed by atoms with Gasteiger partial charge in [-0.1, -0.05) is 43.6 Å². The molecule has 1 N–H and O–H groups in total. The molecule has 1 saturated heterocycles. The number of hydrogen-bond donors (Lipinski definition) is 1. The van der Waals surface area contributed by atoms with Gasteiger partial charge < -0.3 is 10.2 Å². The van der Waals surface area contributed by atoms with Gasteiger partial charge in [0.2, 0.25) is 5.91 Å². The van der Waals surface area contributed by atoms with Crippen LogP contribution in [0.2, 0.25) is 5.02 Å². The van der Waals surface area contributed by atoms with Crippen molar-refractivity contribution in [2.45, 2.75) is 32.6 Å². The van der Waals surface area contributed by atoms with Gasteiger partial charge in [-0.15, -0.1) is 5.10 Å². The average molecular weight is 451 g/mol. The van der Waals surface area contributed by atoms with Crippen molar-refractivity contribution >= 4 is 29.0 Å². The number of piperidine rings is 1. The maximum Gasteiger partial charge on any atom is 0.271 e. The smallest absolute Gasteiger partial charge is 0.271 e. The van der Waals surface area contributed by atoms with Gasteiger partial charge in [0, 0.05) is 29.9 Å². The van der Waals surface area contributed by atoms with Crippen molar-refractivity contribution < 1.29 is 4.79 Å². The second kappa shape index (κ2) is 9.57. The highest BCUT2D eigenvalue weighted by Crippen LogP contribution is 2.24. The highest BCUT2D eigenvalue weighted by Gasteiger charge is 2.27. The first-order valence-corrected chi connectivity index (χ1v) is 11.3. The number of rotatable bonds is 5. The van der Waals surface area contributed by atoms with E-state index in [1.165, 1.54) is 16.3 Å². The first-order valence-electron chi connectivity index (χ1n) is 10.9. The zero-order chi connectivity index (χ0) is 22.7. The third-order valence-electron chi connectivity index (χ3n) is 5.80. The van der Waals surface area contributed by atoms with Gasteiger partial charge >= 0.3 is 0 Å². The summed E-state index contributed by atoms with van der Waals surface area (Å²) in [4.78, 5) is 27.4. The van der Waals surface area contributed by atoms with Crippen LogP contribution in [0, 0.1) is 5.92 Å². The van der Waals surface area contributed by atoms with E-state index in [0.29, 0.717) is 29.0 Å². The number of carbonyl (C=O) groups is 1. The van der Waals surface area contributed by atoms with E-state index >= 15 is 0 Å². The Hall–Kier alpha value is -3.12. The van der Waals surface area contributed by atoms with Gasteiger partial charge in [-0.25, -0.2) is 0 Å². The quantitative estimate of drug-likeness (QED) is 0.602. The number of nitrogens with one attached hydrogen (secondary N) is 1. The first-order chi connectivity index (χ1) is 15.4. The third kappa shape index (κ3) is 5.02. The summed E-state index contributed by atoms with van der Waals surface area (Å²) in [7, 11) is 0. The molecule has 1 aliphatic heterocycles. The SMILES string of the molecule is CC(C)c1ccc(NC(=O)C2CCCN(c3ccc(=O)n(-c4cccc(Cl)c4)n3)C2)cc1. The average Bonchev–Trinajstić information content (AvgIpc) is 2.80. The Bertz CT molecular complexity index is 1160. The zero-order valence-corrected chi connectivity index (χ0v) is 19.0. The van der Waals surface area contributed by atoms with Crippen LogP contribution in [-0.2, 0) is 4.79 Å². The van der Waals surface area contributed by atoms with Crippen molar-refractivity contribution in [3.05, 3.63) is 81.6 Å². The Morgan fingerprint density at radius 1 is 1.12 bits per heavy atom. The Morgan fingerprint density at radius 3 is 2.62 bits per heavy atom. The molecule has 1 unspecified atom stereocenters. The van der Waals surface area contributed by atoms with E-state index < -0.39 is 0 Å². The number of aromatic nitrogens is 2. The van der Waals surface area contributed by atoms with Gasteiger partial charge in [0.1, 0.15) is 5.82 Å². The monoisotopic (exact) mass is 450 g/mol. The van der Waals surface area contributed by atoms with Crippen molar-refractivity contribution in [2.24, 2.45) is 5.92 Å². The Kier molecular flexibility index (Phi) is 6.61. The molecule has 2 aromatic carbocycles. The standard InChI is InChI=1S/C25H27ClN4O2/c1-17(2)18-8-10-21(11-9-18)27-25(32)19-5-4-14-29(16-19)23-12-13-24(31)30(28-23)22-7-3-6-20(26)15-22/h3,6-13,15,17,19H,4-5,14,16H2,1-2H3,(H,27,32). The van der Waals surface area contributed by atoms with Gasteiger partial charge in [0.05, 0.1) is 11.6 Å². The van der Waals surface area contributed by atoms with Crippen molar-refractivity contribution in [3.63, 3.8) is 0 Å². The summed E-state index contributed by atoms with van der Waals surface area (Å²) in [5.74, 6) is 0.981. The predicted molar refractivity (Wildman–Crippen MR) is 129 cm³/mol. The molecule has 0 radical (unpaired) electrons. The number of carbonyl (C=O) groups excluding carboxylic acids is 1. The molecule has 1 aliphatic rings. The van der Waals surface area contributed by atoms with Crippen LogP contribution in [-0.4, -0.2) is 28.8 Å². The van der Waals surface area contributed by atoms with Crippen molar-refractivity contribution in [2.75, 3.05) is 23.3 Å². The number of benzene rings is 2. The summed E-state index contributed by atoms with van der Waals surface area (Å²) in [6, 6.07) is 18.3. The zero-order valence-electron chi connectivity index (χ0n) is 18.3. The summed E-state index contributed by atoms with van der Waals surface area (Å²) in [6.45, 7) is 5.63. The summed E-state index contributed by atoms with van der Waals surface area (Å²) < 4.78 is 1.35. The molecule has 3 aromatic rings. The Balaban J connectivity index is 1.48. The van der Waals surface area contributed by atoms with E-state index in [-0.39, 0.29) is 17.4 Å². The molecule has 0 saturated carbocycles. The fourth-order valence-corrected chi connectivity index (χ4v) is 4.14. The summed E-state index contributed by atoms with van der Waals surface area (Å²) in [5.41, 5.74) is 2.43. The molecule has 0 spiro atoms. The van der Waals surface area contributed by atoms with E-state index in [2.05, 4.69) is 41.3 Å². The second-order valence-electron chi connectivity index (χ2n) is 8.47. The Morgan fingerprint density at radius 2 is 1.91 bits per heavy atom.